The molecule has 0 saturated carbocycles. The van der Waals surface area contributed by atoms with Gasteiger partial charge in [-0.25, -0.2) is 4.79 Å². The van der Waals surface area contributed by atoms with E-state index in [-0.39, 0.29) is 22.5 Å². The Morgan fingerprint density at radius 2 is 1.94 bits per heavy atom. The number of nitrogens with zero attached hydrogens (tertiary/aromatic N) is 1. The van der Waals surface area contributed by atoms with Gasteiger partial charge in [-0.3, -0.25) is 9.79 Å². The van der Waals surface area contributed by atoms with Crippen LogP contribution in [0.15, 0.2) is 58.8 Å². The second kappa shape index (κ2) is 10.3. The Kier molecular flexibility index (Phi) is 7.42. The van der Waals surface area contributed by atoms with Crippen LogP contribution in [0.4, 0.5) is 5.69 Å². The van der Waals surface area contributed by atoms with Gasteiger partial charge < -0.3 is 15.2 Å². The van der Waals surface area contributed by atoms with Crippen molar-refractivity contribution in [1.82, 2.24) is 0 Å². The number of carboxylic acid groups (broad SMARTS) is 1. The van der Waals surface area contributed by atoms with E-state index in [1.54, 1.807) is 12.1 Å². The molecule has 0 radical (unpaired) electrons. The molecule has 2 aliphatic rings. The predicted octanol–water partition coefficient (Wildman–Crippen LogP) is 6.29. The molecule has 2 aromatic rings. The zero-order valence-corrected chi connectivity index (χ0v) is 21.8. The van der Waals surface area contributed by atoms with Gasteiger partial charge in [-0.15, -0.1) is 11.7 Å². The summed E-state index contributed by atoms with van der Waals surface area (Å²) in [4.78, 5) is 29.2. The van der Waals surface area contributed by atoms with Gasteiger partial charge >= 0.3 is 5.97 Å². The van der Waals surface area contributed by atoms with Gasteiger partial charge in [-0.05, 0) is 67.3 Å². The van der Waals surface area contributed by atoms with Gasteiger partial charge in [0.2, 0.25) is 5.12 Å². The van der Waals surface area contributed by atoms with Crippen molar-refractivity contribution in [3.05, 3.63) is 81.6 Å². The monoisotopic (exact) mass is 508 g/mol. The van der Waals surface area contributed by atoms with Crippen LogP contribution in [0, 0.1) is 12.8 Å². The van der Waals surface area contributed by atoms with Crippen molar-refractivity contribution in [2.24, 2.45) is 10.9 Å². The van der Waals surface area contributed by atoms with Gasteiger partial charge in [0.1, 0.15) is 11.5 Å². The lowest BCUT2D eigenvalue weighted by Gasteiger charge is -2.37. The number of rotatable bonds is 6. The summed E-state index contributed by atoms with van der Waals surface area (Å²) >= 11 is 3.98. The van der Waals surface area contributed by atoms with E-state index in [1.165, 1.54) is 6.07 Å². The molecule has 0 fully saturated rings. The summed E-state index contributed by atoms with van der Waals surface area (Å²) < 4.78 is 6.41. The van der Waals surface area contributed by atoms with Crippen LogP contribution >= 0.6 is 22.5 Å². The minimum absolute atomic E-state index is 0.0999. The van der Waals surface area contributed by atoms with Crippen LogP contribution in [-0.2, 0) is 0 Å². The van der Waals surface area contributed by atoms with Crippen molar-refractivity contribution in [3.63, 3.8) is 0 Å². The molecule has 2 aromatic carbocycles. The highest BCUT2D eigenvalue weighted by Crippen LogP contribution is 2.50. The first kappa shape index (κ1) is 25.1. The minimum atomic E-state index is -1.08. The quantitative estimate of drug-likeness (QED) is 0.314. The number of thiol groups is 1. The zero-order chi connectivity index (χ0) is 25.3. The number of aryl methyl sites for hydroxylation is 1. The van der Waals surface area contributed by atoms with Crippen LogP contribution in [0.25, 0.3) is 0 Å². The van der Waals surface area contributed by atoms with Crippen LogP contribution < -0.4 is 10.1 Å². The highest BCUT2D eigenvalue weighted by atomic mass is 33.1. The fraction of sp³-hybridized carbons (Fsp3) is 0.296. The maximum absolute atomic E-state index is 12.4. The minimum Gasteiger partial charge on any atom is -0.478 e. The number of hydrogen-bond donors (Lipinski definition) is 3. The lowest BCUT2D eigenvalue weighted by molar-refractivity contribution is 0.0695. The summed E-state index contributed by atoms with van der Waals surface area (Å²) in [7, 11) is 0.764. The first-order valence-corrected chi connectivity index (χ1v) is 13.4. The first-order valence-electron chi connectivity index (χ1n) is 11.5. The third-order valence-electron chi connectivity index (χ3n) is 6.35. The van der Waals surface area contributed by atoms with Gasteiger partial charge in [0.25, 0.3) is 0 Å². The number of aromatic carboxylic acids is 1. The molecule has 35 heavy (non-hydrogen) atoms. The second-order valence-electron chi connectivity index (χ2n) is 8.58. The number of nitrogens with one attached hydrogen (secondary N) is 1. The van der Waals surface area contributed by atoms with Gasteiger partial charge in [-0.2, -0.15) is 0 Å². The summed E-state index contributed by atoms with van der Waals surface area (Å²) in [5, 5.41) is 13.2. The van der Waals surface area contributed by atoms with Crippen LogP contribution in [0.2, 0.25) is 0 Å². The number of ether oxygens (including phenoxy) is 1. The molecule has 1 heterocycles. The van der Waals surface area contributed by atoms with E-state index in [2.05, 4.69) is 34.1 Å². The maximum atomic E-state index is 12.4. The number of allylic oxidation sites excluding steroid dienone is 3. The van der Waals surface area contributed by atoms with Gasteiger partial charge in [-0.1, -0.05) is 18.2 Å². The van der Waals surface area contributed by atoms with Crippen LogP contribution in [-0.4, -0.2) is 35.0 Å². The Morgan fingerprint density at radius 3 is 2.60 bits per heavy atom. The van der Waals surface area contributed by atoms with Crippen LogP contribution in [0.3, 0.4) is 0 Å². The van der Waals surface area contributed by atoms with E-state index in [9.17, 15) is 14.7 Å². The summed E-state index contributed by atoms with van der Waals surface area (Å²) in [6.45, 7) is 9.48. The lowest BCUT2D eigenvalue weighted by atomic mass is 9.73. The zero-order valence-electron chi connectivity index (χ0n) is 20.1. The Balaban J connectivity index is 1.97. The summed E-state index contributed by atoms with van der Waals surface area (Å²) in [6.07, 6.45) is 4.07. The summed E-state index contributed by atoms with van der Waals surface area (Å²) in [6, 6.07) is 8.93. The molecule has 0 spiro atoms. The largest absolute Gasteiger partial charge is 0.478 e. The van der Waals surface area contributed by atoms with E-state index < -0.39 is 5.97 Å². The molecule has 182 valence electrons. The Labute approximate surface area is 214 Å². The number of hydrogen-bond acceptors (Lipinski definition) is 7. The topological polar surface area (TPSA) is 88.0 Å². The highest BCUT2D eigenvalue weighted by Gasteiger charge is 2.39. The molecule has 8 heteroatoms. The Hall–Kier alpha value is -2.97. The molecule has 0 saturated heterocycles. The molecular formula is C27H28N2O4S2. The van der Waals surface area contributed by atoms with E-state index >= 15 is 0 Å². The fourth-order valence-corrected chi connectivity index (χ4v) is 5.33. The van der Waals surface area contributed by atoms with Gasteiger partial charge in [0, 0.05) is 53.9 Å². The number of anilines is 1. The molecule has 0 aromatic heterocycles. The number of benzene rings is 2. The first-order chi connectivity index (χ1) is 16.8. The normalized spacial score (nSPS) is 19.7. The molecule has 2 unspecified atom stereocenters. The van der Waals surface area contributed by atoms with Crippen molar-refractivity contribution < 1.29 is 19.4 Å². The number of carbonyl (C=O) groups is 2. The predicted molar refractivity (Wildman–Crippen MR) is 145 cm³/mol. The SMILES string of the molecule is CCN=C1C=C2Oc3cc(NCC)c(C)cc3C(c3ccc(C(=O)SS)cc3C(=O)O)C2C=C1C. The van der Waals surface area contributed by atoms with E-state index in [1.807, 2.05) is 39.8 Å². The van der Waals surface area contributed by atoms with Crippen LogP contribution in [0.1, 0.15) is 64.1 Å². The number of fused-ring (bicyclic) bond motifs is 2. The molecule has 1 aliphatic heterocycles. The molecule has 6 nitrogen and oxygen atoms in total. The number of aliphatic imine (C=N–C) groups is 1. The lowest BCUT2D eigenvalue weighted by Crippen LogP contribution is -2.29. The molecule has 2 N–H and O–H groups in total. The second-order valence-corrected chi connectivity index (χ2v) is 9.68. The summed E-state index contributed by atoms with van der Waals surface area (Å²) in [5.74, 6) is -0.180. The molecule has 2 atom stereocenters. The highest BCUT2D eigenvalue weighted by molar-refractivity contribution is 8.75. The third kappa shape index (κ3) is 4.77. The average Bonchev–Trinajstić information content (AvgIpc) is 2.83. The van der Waals surface area contributed by atoms with E-state index in [0.717, 1.165) is 51.2 Å². The summed E-state index contributed by atoms with van der Waals surface area (Å²) in [5.41, 5.74) is 5.86. The Morgan fingerprint density at radius 1 is 1.17 bits per heavy atom. The van der Waals surface area contributed by atoms with Crippen molar-refractivity contribution in [3.8, 4) is 5.75 Å². The molecule has 1 aliphatic carbocycles. The number of carbonyl (C=O) groups excluding carboxylic acids is 1. The van der Waals surface area contributed by atoms with E-state index in [4.69, 9.17) is 4.74 Å². The third-order valence-corrected chi connectivity index (χ3v) is 7.25. The van der Waals surface area contributed by atoms with Gasteiger partial charge in [0.15, 0.2) is 0 Å². The number of carboxylic acids is 1. The Bertz CT molecular complexity index is 1300. The van der Waals surface area contributed by atoms with Crippen molar-refractivity contribution in [2.75, 3.05) is 18.4 Å². The van der Waals surface area contributed by atoms with E-state index in [0.29, 0.717) is 23.4 Å². The molecular weight excluding hydrogens is 480 g/mol. The average molecular weight is 509 g/mol. The smallest absolute Gasteiger partial charge is 0.336 e. The van der Waals surface area contributed by atoms with Crippen molar-refractivity contribution in [2.45, 2.75) is 33.6 Å². The molecule has 4 rings (SSSR count). The fourth-order valence-electron chi connectivity index (χ4n) is 4.78. The maximum Gasteiger partial charge on any atom is 0.336 e. The van der Waals surface area contributed by atoms with Crippen molar-refractivity contribution >= 4 is 44.9 Å². The molecule has 0 amide bonds. The van der Waals surface area contributed by atoms with Crippen LogP contribution in [0.5, 0.6) is 5.75 Å². The molecule has 0 bridgehead atoms. The van der Waals surface area contributed by atoms with Gasteiger partial charge in [0.05, 0.1) is 11.3 Å². The standard InChI is InChI=1S/C27H28N2O4S2/c1-5-28-21-12-23-19(9-14(21)3)25(20-10-15(4)22(29-6-2)13-24(20)33-23)17-8-7-16(27(32)35-34)11-18(17)26(30)31/h7-13,19,25,29,34H,5-6H2,1-4H3,(H,30,31). The van der Waals surface area contributed by atoms with Crippen molar-refractivity contribution in [1.29, 1.82) is 0 Å².